The van der Waals surface area contributed by atoms with Crippen LogP contribution in [0.2, 0.25) is 0 Å². The van der Waals surface area contributed by atoms with Crippen molar-refractivity contribution in [3.8, 4) is 5.75 Å². The first-order chi connectivity index (χ1) is 9.01. The normalized spacial score (nSPS) is 12.3. The van der Waals surface area contributed by atoms with Crippen molar-refractivity contribution in [2.24, 2.45) is 0 Å². The molecule has 0 saturated heterocycles. The highest BCUT2D eigenvalue weighted by molar-refractivity contribution is 9.11. The number of ether oxygens (including phenoxy) is 1. The molecule has 0 aromatic heterocycles. The van der Waals surface area contributed by atoms with Gasteiger partial charge in [0.1, 0.15) is 5.75 Å². The van der Waals surface area contributed by atoms with Crippen molar-refractivity contribution in [2.75, 3.05) is 7.11 Å². The number of halogens is 3. The third kappa shape index (κ3) is 3.61. The lowest BCUT2D eigenvalue weighted by atomic mass is 10.0. The quantitative estimate of drug-likeness (QED) is 0.522. The highest BCUT2D eigenvalue weighted by Gasteiger charge is 2.14. The van der Waals surface area contributed by atoms with E-state index < -0.39 is 0 Å². The molecule has 0 saturated carbocycles. The Kier molecular flexibility index (Phi) is 5.09. The van der Waals surface area contributed by atoms with E-state index in [0.29, 0.717) is 0 Å². The molecule has 0 bridgehead atoms. The first-order valence-electron chi connectivity index (χ1n) is 5.76. The maximum Gasteiger partial charge on any atom is 0.119 e. The van der Waals surface area contributed by atoms with Crippen LogP contribution in [-0.2, 0) is 0 Å². The number of rotatable bonds is 3. The highest BCUT2D eigenvalue weighted by atomic mass is 79.9. The van der Waals surface area contributed by atoms with Crippen molar-refractivity contribution in [2.45, 2.75) is 11.8 Å². The Balaban J connectivity index is 2.40. The van der Waals surface area contributed by atoms with E-state index in [1.54, 1.807) is 7.11 Å². The fourth-order valence-corrected chi connectivity index (χ4v) is 4.07. The lowest BCUT2D eigenvalue weighted by Crippen LogP contribution is -1.97. The maximum absolute atomic E-state index is 5.24. The lowest BCUT2D eigenvalue weighted by molar-refractivity contribution is 0.414. The first-order valence-corrected chi connectivity index (χ1v) is 8.26. The van der Waals surface area contributed by atoms with Crippen LogP contribution in [0.5, 0.6) is 5.75 Å². The van der Waals surface area contributed by atoms with E-state index >= 15 is 0 Å². The van der Waals surface area contributed by atoms with E-state index in [4.69, 9.17) is 4.74 Å². The number of methoxy groups -OCH3 is 1. The summed E-state index contributed by atoms with van der Waals surface area (Å²) < 4.78 is 7.37. The molecule has 0 heterocycles. The average Bonchev–Trinajstić information content (AvgIpc) is 2.36. The molecule has 1 nitrogen and oxygen atoms in total. The number of hydrogen-bond acceptors (Lipinski definition) is 1. The molecule has 0 amide bonds. The molecule has 0 aliphatic carbocycles. The summed E-state index contributed by atoms with van der Waals surface area (Å²) in [6.07, 6.45) is 0. The van der Waals surface area contributed by atoms with E-state index in [0.717, 1.165) is 14.7 Å². The number of hydrogen-bond donors (Lipinski definition) is 0. The first kappa shape index (κ1) is 15.1. The van der Waals surface area contributed by atoms with Gasteiger partial charge in [-0.3, -0.25) is 0 Å². The molecule has 0 aliphatic rings. The summed E-state index contributed by atoms with van der Waals surface area (Å²) in [6.45, 7) is 2.10. The third-order valence-corrected chi connectivity index (χ3v) is 4.87. The minimum Gasteiger partial charge on any atom is -0.497 e. The van der Waals surface area contributed by atoms with Crippen LogP contribution < -0.4 is 4.74 Å². The van der Waals surface area contributed by atoms with Crippen LogP contribution in [0, 0.1) is 6.92 Å². The second-order valence-corrected chi connectivity index (χ2v) is 7.03. The van der Waals surface area contributed by atoms with Crippen LogP contribution in [-0.4, -0.2) is 7.11 Å². The Bertz CT molecular complexity index is 576. The largest absolute Gasteiger partial charge is 0.497 e. The van der Waals surface area contributed by atoms with Gasteiger partial charge >= 0.3 is 0 Å². The summed E-state index contributed by atoms with van der Waals surface area (Å²) in [5.74, 6) is 0.886. The zero-order valence-electron chi connectivity index (χ0n) is 10.6. The molecular weight excluding hydrogens is 436 g/mol. The molecule has 1 atom stereocenters. The smallest absolute Gasteiger partial charge is 0.119 e. The van der Waals surface area contributed by atoms with Gasteiger partial charge in [-0.2, -0.15) is 0 Å². The fraction of sp³-hybridized carbons (Fsp3) is 0.200. The molecular formula is C15H13Br3O. The number of benzene rings is 2. The summed E-state index contributed by atoms with van der Waals surface area (Å²) in [6, 6.07) is 12.4. The second kappa shape index (κ2) is 6.42. The van der Waals surface area contributed by atoms with Crippen molar-refractivity contribution in [1.82, 2.24) is 0 Å². The van der Waals surface area contributed by atoms with E-state index in [-0.39, 0.29) is 4.83 Å². The van der Waals surface area contributed by atoms with Crippen LogP contribution in [0.15, 0.2) is 45.3 Å². The van der Waals surface area contributed by atoms with E-state index in [1.165, 1.54) is 16.7 Å². The highest BCUT2D eigenvalue weighted by Crippen LogP contribution is 2.36. The Labute approximate surface area is 138 Å². The van der Waals surface area contributed by atoms with E-state index in [1.807, 2.05) is 12.1 Å². The van der Waals surface area contributed by atoms with Gasteiger partial charge in [-0.15, -0.1) is 0 Å². The SMILES string of the molecule is COc1ccc(C(Br)c2cc(Br)cc(Br)c2)c(C)c1. The van der Waals surface area contributed by atoms with Gasteiger partial charge in [-0.1, -0.05) is 53.9 Å². The van der Waals surface area contributed by atoms with Crippen molar-refractivity contribution < 1.29 is 4.74 Å². The number of alkyl halides is 1. The average molecular weight is 449 g/mol. The second-order valence-electron chi connectivity index (χ2n) is 4.29. The lowest BCUT2D eigenvalue weighted by Gasteiger charge is -2.15. The molecule has 19 heavy (non-hydrogen) atoms. The van der Waals surface area contributed by atoms with Crippen molar-refractivity contribution in [1.29, 1.82) is 0 Å². The van der Waals surface area contributed by atoms with Crippen LogP contribution in [0.25, 0.3) is 0 Å². The molecule has 0 radical (unpaired) electrons. The summed E-state index contributed by atoms with van der Waals surface area (Å²) in [5, 5.41) is 0. The molecule has 2 rings (SSSR count). The third-order valence-electron chi connectivity index (χ3n) is 2.93. The Hall–Kier alpha value is -0.320. The Morgan fingerprint density at radius 3 is 2.16 bits per heavy atom. The van der Waals surface area contributed by atoms with Crippen LogP contribution in [0.3, 0.4) is 0 Å². The molecule has 4 heteroatoms. The van der Waals surface area contributed by atoms with Gasteiger partial charge in [0.05, 0.1) is 11.9 Å². The molecule has 0 N–H and O–H groups in total. The van der Waals surface area contributed by atoms with Gasteiger partial charge in [0.15, 0.2) is 0 Å². The van der Waals surface area contributed by atoms with E-state index in [2.05, 4.69) is 79.0 Å². The minimum atomic E-state index is 0.159. The zero-order chi connectivity index (χ0) is 14.0. The molecule has 2 aromatic carbocycles. The van der Waals surface area contributed by atoms with Gasteiger partial charge in [0.2, 0.25) is 0 Å². The standard InChI is InChI=1S/C15H13Br3O/c1-9-5-13(19-2)3-4-14(9)15(18)10-6-11(16)8-12(17)7-10/h3-8,15H,1-2H3. The summed E-state index contributed by atoms with van der Waals surface area (Å²) in [5.41, 5.74) is 3.65. The molecule has 100 valence electrons. The molecule has 1 unspecified atom stereocenters. The monoisotopic (exact) mass is 446 g/mol. The van der Waals surface area contributed by atoms with Gasteiger partial charge < -0.3 is 4.74 Å². The van der Waals surface area contributed by atoms with Crippen molar-refractivity contribution >= 4 is 47.8 Å². The molecule has 2 aromatic rings. The molecule has 0 spiro atoms. The Morgan fingerprint density at radius 2 is 1.63 bits per heavy atom. The van der Waals surface area contributed by atoms with Crippen LogP contribution in [0.1, 0.15) is 21.5 Å². The predicted octanol–water partition coefficient (Wildman–Crippen LogP) is 6.01. The topological polar surface area (TPSA) is 9.23 Å². The maximum atomic E-state index is 5.24. The molecule has 0 aliphatic heterocycles. The summed E-state index contributed by atoms with van der Waals surface area (Å²) >= 11 is 10.8. The van der Waals surface area contributed by atoms with Crippen LogP contribution in [0.4, 0.5) is 0 Å². The van der Waals surface area contributed by atoms with Crippen LogP contribution >= 0.6 is 47.8 Å². The fourth-order valence-electron chi connectivity index (χ4n) is 1.96. The number of aryl methyl sites for hydroxylation is 1. The van der Waals surface area contributed by atoms with Gasteiger partial charge in [0, 0.05) is 8.95 Å². The van der Waals surface area contributed by atoms with Crippen molar-refractivity contribution in [3.05, 3.63) is 62.0 Å². The zero-order valence-corrected chi connectivity index (χ0v) is 15.3. The molecule has 0 fully saturated rings. The summed E-state index contributed by atoms with van der Waals surface area (Å²) in [7, 11) is 1.69. The van der Waals surface area contributed by atoms with Crippen molar-refractivity contribution in [3.63, 3.8) is 0 Å². The van der Waals surface area contributed by atoms with Gasteiger partial charge in [-0.25, -0.2) is 0 Å². The van der Waals surface area contributed by atoms with Gasteiger partial charge in [-0.05, 0) is 53.9 Å². The Morgan fingerprint density at radius 1 is 1.00 bits per heavy atom. The van der Waals surface area contributed by atoms with Gasteiger partial charge in [0.25, 0.3) is 0 Å². The summed E-state index contributed by atoms with van der Waals surface area (Å²) in [4.78, 5) is 0.159. The van der Waals surface area contributed by atoms with E-state index in [9.17, 15) is 0 Å². The predicted molar refractivity (Wildman–Crippen MR) is 90.3 cm³/mol. The minimum absolute atomic E-state index is 0.159.